The number of benzene rings is 1. The van der Waals surface area contributed by atoms with Crippen molar-refractivity contribution in [2.45, 2.75) is 51.1 Å². The molecule has 0 unspecified atom stereocenters. The van der Waals surface area contributed by atoms with Crippen molar-refractivity contribution in [3.63, 3.8) is 0 Å². The first-order valence-electron chi connectivity index (χ1n) is 11.8. The summed E-state index contributed by atoms with van der Waals surface area (Å²) >= 11 is 1.46. The lowest BCUT2D eigenvalue weighted by Crippen LogP contribution is -2.71. The maximum atomic E-state index is 13.2. The Morgan fingerprint density at radius 3 is 2.53 bits per heavy atom. The lowest BCUT2D eigenvalue weighted by molar-refractivity contribution is -0.173. The molecule has 36 heavy (non-hydrogen) atoms. The fourth-order valence-electron chi connectivity index (χ4n) is 4.17. The van der Waals surface area contributed by atoms with Gasteiger partial charge >= 0.3 is 11.9 Å². The number of amides is 2. The van der Waals surface area contributed by atoms with Crippen LogP contribution in [-0.2, 0) is 39.9 Å². The minimum Gasteiger partial charge on any atom is -0.427 e. The summed E-state index contributed by atoms with van der Waals surface area (Å²) < 4.78 is 10.3. The van der Waals surface area contributed by atoms with E-state index in [1.54, 1.807) is 32.9 Å². The lowest BCUT2D eigenvalue weighted by Gasteiger charge is -2.50. The Morgan fingerprint density at radius 2 is 1.89 bits per heavy atom. The molecule has 4 rings (SSSR count). The van der Waals surface area contributed by atoms with Crippen molar-refractivity contribution in [2.24, 2.45) is 5.41 Å². The summed E-state index contributed by atoms with van der Waals surface area (Å²) in [5, 5.41) is 4.05. The van der Waals surface area contributed by atoms with Crippen LogP contribution in [0.15, 0.2) is 41.6 Å². The second-order valence-corrected chi connectivity index (χ2v) is 11.1. The standard InChI is InChI=1S/C25H31N3O7S/c1-25(2,3)24(32)34-14-33-23(31)20-16(17-10-11-27(4)35-17)13-36-22-19(21(30)28(20)22)26-18(29)12-15-8-6-5-7-9-15/h5-9,17,19,22H,10-14H2,1-4H3,(H,26,29)/t17-,19+,22+/m0/s1. The van der Waals surface area contributed by atoms with Gasteiger partial charge in [-0.25, -0.2) is 4.79 Å². The molecule has 3 heterocycles. The third-order valence-corrected chi connectivity index (χ3v) is 7.41. The number of hydroxylamine groups is 2. The van der Waals surface area contributed by atoms with Gasteiger partial charge in [-0.15, -0.1) is 11.8 Å². The average Bonchev–Trinajstić information content (AvgIpc) is 3.27. The highest BCUT2D eigenvalue weighted by atomic mass is 32.2. The van der Waals surface area contributed by atoms with Crippen molar-refractivity contribution in [3.8, 4) is 0 Å². The molecule has 1 N–H and O–H groups in total. The fourth-order valence-corrected chi connectivity index (χ4v) is 5.57. The highest BCUT2D eigenvalue weighted by Crippen LogP contribution is 2.43. The molecule has 3 aliphatic heterocycles. The molecule has 1 aromatic rings. The van der Waals surface area contributed by atoms with Crippen LogP contribution in [0.25, 0.3) is 0 Å². The molecule has 3 atom stereocenters. The van der Waals surface area contributed by atoms with Crippen LogP contribution in [0.5, 0.6) is 0 Å². The zero-order valence-corrected chi connectivity index (χ0v) is 21.6. The molecule has 0 bridgehead atoms. The molecule has 2 fully saturated rings. The zero-order chi connectivity index (χ0) is 26.0. The topological polar surface area (TPSA) is 114 Å². The van der Waals surface area contributed by atoms with E-state index in [1.807, 2.05) is 30.3 Å². The van der Waals surface area contributed by atoms with Crippen LogP contribution in [-0.4, -0.2) is 77.4 Å². The van der Waals surface area contributed by atoms with Gasteiger partial charge in [0.1, 0.15) is 23.2 Å². The Kier molecular flexibility index (Phi) is 7.72. The van der Waals surface area contributed by atoms with E-state index in [0.717, 1.165) is 5.56 Å². The molecule has 0 saturated carbocycles. The first-order chi connectivity index (χ1) is 17.1. The summed E-state index contributed by atoms with van der Waals surface area (Å²) in [7, 11) is 1.80. The van der Waals surface area contributed by atoms with Gasteiger partial charge < -0.3 is 14.8 Å². The monoisotopic (exact) mass is 517 g/mol. The zero-order valence-electron chi connectivity index (χ0n) is 20.8. The van der Waals surface area contributed by atoms with E-state index in [4.69, 9.17) is 14.3 Å². The highest BCUT2D eigenvalue weighted by molar-refractivity contribution is 8.00. The van der Waals surface area contributed by atoms with Crippen LogP contribution >= 0.6 is 11.8 Å². The van der Waals surface area contributed by atoms with Gasteiger partial charge in [-0.3, -0.25) is 24.1 Å². The second-order valence-electron chi connectivity index (χ2n) is 9.96. The Labute approximate surface area is 214 Å². The Balaban J connectivity index is 1.47. The van der Waals surface area contributed by atoms with Crippen LogP contribution in [0.3, 0.4) is 0 Å². The van der Waals surface area contributed by atoms with E-state index < -0.39 is 41.5 Å². The molecular formula is C25H31N3O7S. The molecule has 10 nitrogen and oxygen atoms in total. The first kappa shape index (κ1) is 26.2. The van der Waals surface area contributed by atoms with Crippen molar-refractivity contribution < 1.29 is 33.5 Å². The van der Waals surface area contributed by atoms with Crippen molar-refractivity contribution in [1.29, 1.82) is 0 Å². The molecule has 2 saturated heterocycles. The normalized spacial score (nSPS) is 24.2. The number of carbonyl (C=O) groups is 4. The number of thioether (sulfide) groups is 1. The number of esters is 2. The van der Waals surface area contributed by atoms with E-state index in [0.29, 0.717) is 24.3 Å². The van der Waals surface area contributed by atoms with E-state index in [9.17, 15) is 19.2 Å². The summed E-state index contributed by atoms with van der Waals surface area (Å²) in [5.74, 6) is -1.50. The minimum atomic E-state index is -0.766. The number of hydrogen-bond donors (Lipinski definition) is 1. The van der Waals surface area contributed by atoms with Gasteiger partial charge in [0.05, 0.1) is 11.8 Å². The molecule has 0 aliphatic carbocycles. The molecule has 3 aliphatic rings. The maximum absolute atomic E-state index is 13.2. The van der Waals surface area contributed by atoms with E-state index in [1.165, 1.54) is 16.7 Å². The molecule has 2 amide bonds. The van der Waals surface area contributed by atoms with Crippen molar-refractivity contribution in [3.05, 3.63) is 47.2 Å². The number of hydrogen-bond acceptors (Lipinski definition) is 9. The van der Waals surface area contributed by atoms with Crippen molar-refractivity contribution >= 4 is 35.5 Å². The maximum Gasteiger partial charge on any atom is 0.358 e. The average molecular weight is 518 g/mol. The van der Waals surface area contributed by atoms with Gasteiger partial charge in [-0.05, 0) is 32.8 Å². The van der Waals surface area contributed by atoms with Crippen LogP contribution < -0.4 is 5.32 Å². The number of rotatable bonds is 7. The lowest BCUT2D eigenvalue weighted by atomic mass is 9.98. The number of fused-ring (bicyclic) bond motifs is 1. The molecule has 0 spiro atoms. The predicted octanol–water partition coefficient (Wildman–Crippen LogP) is 1.61. The van der Waals surface area contributed by atoms with E-state index in [2.05, 4.69) is 5.32 Å². The molecule has 194 valence electrons. The van der Waals surface area contributed by atoms with Gasteiger partial charge in [0.25, 0.3) is 5.91 Å². The van der Waals surface area contributed by atoms with Gasteiger partial charge in [-0.1, -0.05) is 30.3 Å². The van der Waals surface area contributed by atoms with Crippen molar-refractivity contribution in [2.75, 3.05) is 26.1 Å². The second kappa shape index (κ2) is 10.6. The summed E-state index contributed by atoms with van der Waals surface area (Å²) in [6.07, 6.45) is 0.438. The van der Waals surface area contributed by atoms with E-state index in [-0.39, 0.29) is 24.1 Å². The molecular weight excluding hydrogens is 486 g/mol. The van der Waals surface area contributed by atoms with Gasteiger partial charge in [-0.2, -0.15) is 5.06 Å². The Hall–Kier alpha value is -2.89. The van der Waals surface area contributed by atoms with Gasteiger partial charge in [0.2, 0.25) is 12.7 Å². The van der Waals surface area contributed by atoms with Crippen molar-refractivity contribution in [1.82, 2.24) is 15.3 Å². The fraction of sp³-hybridized carbons (Fsp3) is 0.520. The minimum absolute atomic E-state index is 0.101. The van der Waals surface area contributed by atoms with Gasteiger partial charge in [0.15, 0.2) is 0 Å². The number of β-lactam (4-membered cyclic amide) rings is 1. The number of carbonyl (C=O) groups excluding carboxylic acids is 4. The van der Waals surface area contributed by atoms with Crippen LogP contribution in [0.2, 0.25) is 0 Å². The summed E-state index contributed by atoms with van der Waals surface area (Å²) in [6.45, 7) is 5.20. The number of nitrogens with zero attached hydrogens (tertiary/aromatic N) is 2. The smallest absolute Gasteiger partial charge is 0.358 e. The third-order valence-electron chi connectivity index (χ3n) is 6.11. The van der Waals surface area contributed by atoms with Crippen LogP contribution in [0.4, 0.5) is 0 Å². The summed E-state index contributed by atoms with van der Waals surface area (Å²) in [4.78, 5) is 58.1. The summed E-state index contributed by atoms with van der Waals surface area (Å²) in [5.41, 5.74) is 0.845. The van der Waals surface area contributed by atoms with Crippen LogP contribution in [0, 0.1) is 5.41 Å². The highest BCUT2D eigenvalue weighted by Gasteiger charge is 2.55. The van der Waals surface area contributed by atoms with E-state index >= 15 is 0 Å². The first-order valence-corrected chi connectivity index (χ1v) is 12.8. The number of nitrogens with one attached hydrogen (secondary N) is 1. The predicted molar refractivity (Wildman–Crippen MR) is 131 cm³/mol. The molecule has 0 radical (unpaired) electrons. The SMILES string of the molecule is CN1CC[C@@H](C2=C(C(=O)OCOC(=O)C(C)(C)C)N3C(=O)[C@@H](NC(=O)Cc4ccccc4)[C@H]3SC2)O1. The quantitative estimate of drug-likeness (QED) is 0.327. The number of ether oxygens (including phenoxy) is 2. The summed E-state index contributed by atoms with van der Waals surface area (Å²) in [6, 6.07) is 8.51. The largest absolute Gasteiger partial charge is 0.427 e. The molecule has 1 aromatic carbocycles. The Morgan fingerprint density at radius 1 is 1.17 bits per heavy atom. The van der Waals surface area contributed by atoms with Gasteiger partial charge in [0, 0.05) is 24.9 Å². The third kappa shape index (κ3) is 5.58. The molecule has 11 heteroatoms. The molecule has 0 aromatic heterocycles. The Bertz CT molecular complexity index is 1070. The van der Waals surface area contributed by atoms with Crippen LogP contribution in [0.1, 0.15) is 32.8 Å².